The molecular formula is C13H18N4O4. The van der Waals surface area contributed by atoms with E-state index in [0.717, 1.165) is 0 Å². The van der Waals surface area contributed by atoms with Gasteiger partial charge in [-0.1, -0.05) is 0 Å². The molecule has 1 atom stereocenters. The van der Waals surface area contributed by atoms with E-state index < -0.39 is 23.9 Å². The molecule has 0 spiro atoms. The highest BCUT2D eigenvalue weighted by molar-refractivity contribution is 5.96. The normalized spacial score (nSPS) is 11.1. The summed E-state index contributed by atoms with van der Waals surface area (Å²) in [6.07, 6.45) is 0. The van der Waals surface area contributed by atoms with Gasteiger partial charge in [-0.2, -0.15) is 0 Å². The lowest BCUT2D eigenvalue weighted by molar-refractivity contribution is -0.123. The van der Waals surface area contributed by atoms with Crippen molar-refractivity contribution in [1.29, 1.82) is 0 Å². The highest BCUT2D eigenvalue weighted by Crippen LogP contribution is 2.11. The molecule has 0 fully saturated rings. The molecule has 0 heterocycles. The Bertz CT molecular complexity index is 515. The van der Waals surface area contributed by atoms with Crippen LogP contribution in [0.15, 0.2) is 24.3 Å². The molecule has 0 bridgehead atoms. The van der Waals surface area contributed by atoms with Crippen LogP contribution in [0, 0.1) is 0 Å². The van der Waals surface area contributed by atoms with Gasteiger partial charge in [0.1, 0.15) is 11.8 Å². The van der Waals surface area contributed by atoms with Gasteiger partial charge in [0.25, 0.3) is 11.8 Å². The van der Waals surface area contributed by atoms with Gasteiger partial charge < -0.3 is 15.8 Å². The summed E-state index contributed by atoms with van der Waals surface area (Å²) in [6, 6.07) is 4.75. The van der Waals surface area contributed by atoms with Gasteiger partial charge in [0.15, 0.2) is 0 Å². The van der Waals surface area contributed by atoms with Crippen molar-refractivity contribution >= 4 is 17.8 Å². The molecule has 8 heteroatoms. The minimum absolute atomic E-state index is 0.356. The molecule has 1 rings (SSSR count). The van der Waals surface area contributed by atoms with Crippen molar-refractivity contribution in [3.05, 3.63) is 29.8 Å². The molecule has 0 aliphatic carbocycles. The quantitative estimate of drug-likeness (QED) is 0.566. The Balaban J connectivity index is 2.49. The van der Waals surface area contributed by atoms with Crippen molar-refractivity contribution < 1.29 is 19.1 Å². The Hall–Kier alpha value is -2.77. The number of hydrazine groups is 1. The number of hydrogen-bond donors (Lipinski definition) is 4. The molecule has 0 aliphatic rings. The highest BCUT2D eigenvalue weighted by atomic mass is 16.5. The molecule has 4 amide bonds. The van der Waals surface area contributed by atoms with E-state index in [1.54, 1.807) is 24.3 Å². The monoisotopic (exact) mass is 294 g/mol. The maximum absolute atomic E-state index is 11.8. The first kappa shape index (κ1) is 16.3. The van der Waals surface area contributed by atoms with Crippen LogP contribution >= 0.6 is 0 Å². The lowest BCUT2D eigenvalue weighted by Crippen LogP contribution is -2.52. The molecule has 0 radical (unpaired) electrons. The average Bonchev–Trinajstić information content (AvgIpc) is 2.44. The third-order valence-electron chi connectivity index (χ3n) is 2.48. The number of urea groups is 1. The molecule has 0 aromatic heterocycles. The van der Waals surface area contributed by atoms with Crippen LogP contribution in [-0.2, 0) is 4.79 Å². The zero-order chi connectivity index (χ0) is 15.8. The Kier molecular flexibility index (Phi) is 5.99. The van der Waals surface area contributed by atoms with Crippen molar-refractivity contribution in [3.8, 4) is 5.75 Å². The predicted octanol–water partition coefficient (Wildman–Crippen LogP) is -0.0969. The van der Waals surface area contributed by atoms with Crippen LogP contribution in [0.4, 0.5) is 4.79 Å². The molecule has 5 N–H and O–H groups in total. The zero-order valence-corrected chi connectivity index (χ0v) is 11.8. The first-order valence-corrected chi connectivity index (χ1v) is 6.33. The van der Waals surface area contributed by atoms with Crippen LogP contribution in [-0.4, -0.2) is 30.5 Å². The maximum atomic E-state index is 11.8. The summed E-state index contributed by atoms with van der Waals surface area (Å²) in [5, 5.41) is 2.19. The van der Waals surface area contributed by atoms with Crippen molar-refractivity contribution in [2.75, 3.05) is 6.61 Å². The van der Waals surface area contributed by atoms with Crippen molar-refractivity contribution in [1.82, 2.24) is 16.2 Å². The van der Waals surface area contributed by atoms with E-state index in [4.69, 9.17) is 10.5 Å². The summed E-state index contributed by atoms with van der Waals surface area (Å²) in [5.41, 5.74) is 9.66. The number of carbonyl (C=O) groups is 3. The van der Waals surface area contributed by atoms with E-state index in [-0.39, 0.29) is 0 Å². The Morgan fingerprint density at radius 1 is 1.19 bits per heavy atom. The average molecular weight is 294 g/mol. The molecule has 114 valence electrons. The van der Waals surface area contributed by atoms with Gasteiger partial charge in [0.05, 0.1) is 6.61 Å². The predicted molar refractivity (Wildman–Crippen MR) is 75.4 cm³/mol. The summed E-state index contributed by atoms with van der Waals surface area (Å²) in [5.74, 6) is -0.428. The molecule has 1 aromatic carbocycles. The molecule has 0 saturated carbocycles. The number of primary amides is 1. The van der Waals surface area contributed by atoms with E-state index in [2.05, 4.69) is 16.2 Å². The van der Waals surface area contributed by atoms with Crippen molar-refractivity contribution in [2.45, 2.75) is 19.9 Å². The summed E-state index contributed by atoms with van der Waals surface area (Å²) in [4.78, 5) is 33.9. The number of amides is 4. The number of rotatable bonds is 5. The van der Waals surface area contributed by atoms with Crippen LogP contribution in [0.25, 0.3) is 0 Å². The number of nitrogens with two attached hydrogens (primary N) is 1. The Labute approximate surface area is 122 Å². The summed E-state index contributed by atoms with van der Waals surface area (Å²) in [7, 11) is 0. The van der Waals surface area contributed by atoms with E-state index in [1.165, 1.54) is 6.92 Å². The summed E-state index contributed by atoms with van der Waals surface area (Å²) in [6.45, 7) is 3.83. The first-order valence-electron chi connectivity index (χ1n) is 6.33. The van der Waals surface area contributed by atoms with Crippen molar-refractivity contribution in [3.63, 3.8) is 0 Å². The topological polar surface area (TPSA) is 123 Å². The van der Waals surface area contributed by atoms with Gasteiger partial charge in [-0.15, -0.1) is 0 Å². The maximum Gasteiger partial charge on any atom is 0.312 e. The SMILES string of the molecule is CCOc1ccc(C(=O)NNC(=O)C(C)NC(N)=O)cc1. The molecule has 0 aliphatic heterocycles. The summed E-state index contributed by atoms with van der Waals surface area (Å²) >= 11 is 0. The molecule has 1 aromatic rings. The second-order valence-electron chi connectivity index (χ2n) is 4.13. The Morgan fingerprint density at radius 2 is 1.81 bits per heavy atom. The van der Waals surface area contributed by atoms with Gasteiger partial charge in [-0.25, -0.2) is 4.79 Å². The minimum atomic E-state index is -0.858. The number of hydrogen-bond acceptors (Lipinski definition) is 4. The number of ether oxygens (including phenoxy) is 1. The van der Waals surface area contributed by atoms with E-state index >= 15 is 0 Å². The van der Waals surface area contributed by atoms with Crippen molar-refractivity contribution in [2.24, 2.45) is 5.73 Å². The molecule has 1 unspecified atom stereocenters. The molecule has 21 heavy (non-hydrogen) atoms. The molecular weight excluding hydrogens is 276 g/mol. The van der Waals surface area contributed by atoms with E-state index in [0.29, 0.717) is 17.9 Å². The number of nitrogens with one attached hydrogen (secondary N) is 3. The van der Waals surface area contributed by atoms with Crippen LogP contribution in [0.1, 0.15) is 24.2 Å². The van der Waals surface area contributed by atoms with E-state index in [9.17, 15) is 14.4 Å². The fourth-order valence-corrected chi connectivity index (χ4v) is 1.45. The van der Waals surface area contributed by atoms with Crippen LogP contribution in [0.3, 0.4) is 0 Å². The van der Waals surface area contributed by atoms with Crippen LogP contribution in [0.5, 0.6) is 5.75 Å². The summed E-state index contributed by atoms with van der Waals surface area (Å²) < 4.78 is 5.25. The highest BCUT2D eigenvalue weighted by Gasteiger charge is 2.15. The van der Waals surface area contributed by atoms with Gasteiger partial charge in [-0.05, 0) is 38.1 Å². The number of benzene rings is 1. The van der Waals surface area contributed by atoms with Gasteiger partial charge >= 0.3 is 6.03 Å². The van der Waals surface area contributed by atoms with Gasteiger partial charge in [-0.3, -0.25) is 20.4 Å². The lowest BCUT2D eigenvalue weighted by Gasteiger charge is -2.13. The lowest BCUT2D eigenvalue weighted by atomic mass is 10.2. The molecule has 0 saturated heterocycles. The standard InChI is InChI=1S/C13H18N4O4/c1-3-21-10-6-4-9(5-7-10)12(19)17-16-11(18)8(2)15-13(14)20/h4-8H,3H2,1-2H3,(H,16,18)(H,17,19)(H3,14,15,20). The first-order chi connectivity index (χ1) is 9.93. The second-order valence-corrected chi connectivity index (χ2v) is 4.13. The van der Waals surface area contributed by atoms with Crippen LogP contribution in [0.2, 0.25) is 0 Å². The molecule has 8 nitrogen and oxygen atoms in total. The van der Waals surface area contributed by atoms with Crippen LogP contribution < -0.4 is 26.6 Å². The largest absolute Gasteiger partial charge is 0.494 e. The Morgan fingerprint density at radius 3 is 2.33 bits per heavy atom. The fourth-order valence-electron chi connectivity index (χ4n) is 1.45. The second kappa shape index (κ2) is 7.73. The van der Waals surface area contributed by atoms with Gasteiger partial charge in [0, 0.05) is 5.56 Å². The third-order valence-corrected chi connectivity index (χ3v) is 2.48. The van der Waals surface area contributed by atoms with Gasteiger partial charge in [0.2, 0.25) is 0 Å². The zero-order valence-electron chi connectivity index (χ0n) is 11.8. The fraction of sp³-hybridized carbons (Fsp3) is 0.308. The third kappa shape index (κ3) is 5.39. The number of carbonyl (C=O) groups excluding carboxylic acids is 3. The minimum Gasteiger partial charge on any atom is -0.494 e. The smallest absolute Gasteiger partial charge is 0.312 e. The van der Waals surface area contributed by atoms with E-state index in [1.807, 2.05) is 6.92 Å².